The molecule has 1 spiro atoms. The maximum atomic E-state index is 2.65. The molecule has 0 radical (unpaired) electrons. The predicted octanol–water partition coefficient (Wildman–Crippen LogP) is 8.86. The van der Waals surface area contributed by atoms with Crippen molar-refractivity contribution in [3.63, 3.8) is 0 Å². The van der Waals surface area contributed by atoms with Gasteiger partial charge in [-0.15, -0.1) is 0 Å². The van der Waals surface area contributed by atoms with Crippen LogP contribution in [0.5, 0.6) is 0 Å². The third kappa shape index (κ3) is 3.09. The zero-order valence-corrected chi connectivity index (χ0v) is 25.7. The summed E-state index contributed by atoms with van der Waals surface area (Å²) in [5.74, 6) is 1.59. The fraction of sp³-hybridized carbons (Fsp3) is 0.163. The summed E-state index contributed by atoms with van der Waals surface area (Å²) in [6.07, 6.45) is 5.43. The highest BCUT2D eigenvalue weighted by atomic mass is 15.2. The highest BCUT2D eigenvalue weighted by molar-refractivity contribution is 7.00. The lowest BCUT2D eigenvalue weighted by Crippen LogP contribution is -2.61. The summed E-state index contributed by atoms with van der Waals surface area (Å²) in [5.41, 5.74) is 18.0. The Bertz CT molecular complexity index is 2210. The first-order valence-corrected chi connectivity index (χ1v) is 17.0. The average Bonchev–Trinajstić information content (AvgIpc) is 3.81. The maximum absolute atomic E-state index is 2.65. The summed E-state index contributed by atoms with van der Waals surface area (Å²) >= 11 is 0. The standard InChI is InChI=1S/C43H33BN2/c1-3-12-30(13-4-1)45-38-19-10-9-18-36(38)44-37-25-33-32-16-7-8-17-34(32)43(27-28-22-23-29(43)24-28)35(33)26-41(37)46(31-14-5-2-6-15-31)40-21-11-20-39(45)42(40)44/h1-21,25-26,28-29H,22-24,27H2/t28-,29?,43-/m1/s1. The molecule has 3 aliphatic carbocycles. The predicted molar refractivity (Wildman–Crippen MR) is 192 cm³/mol. The van der Waals surface area contributed by atoms with Gasteiger partial charge in [0.15, 0.2) is 0 Å². The fourth-order valence-electron chi connectivity index (χ4n) is 10.5. The summed E-state index contributed by atoms with van der Waals surface area (Å²) in [6.45, 7) is 0.145. The number of benzene rings is 6. The molecule has 6 aromatic carbocycles. The van der Waals surface area contributed by atoms with E-state index in [0.29, 0.717) is 0 Å². The van der Waals surface area contributed by atoms with Gasteiger partial charge in [0, 0.05) is 39.5 Å². The van der Waals surface area contributed by atoms with E-state index in [2.05, 4.69) is 149 Å². The fourth-order valence-corrected chi connectivity index (χ4v) is 10.5. The minimum absolute atomic E-state index is 0.142. The van der Waals surface area contributed by atoms with E-state index >= 15 is 0 Å². The molecule has 2 bridgehead atoms. The summed E-state index contributed by atoms with van der Waals surface area (Å²) in [4.78, 5) is 5.05. The van der Waals surface area contributed by atoms with Crippen molar-refractivity contribution in [2.24, 2.45) is 11.8 Å². The van der Waals surface area contributed by atoms with Crippen LogP contribution in [0.1, 0.15) is 36.8 Å². The smallest absolute Gasteiger partial charge is 0.252 e. The van der Waals surface area contributed by atoms with E-state index in [-0.39, 0.29) is 12.1 Å². The average molecular weight is 589 g/mol. The third-order valence-corrected chi connectivity index (χ3v) is 12.1. The van der Waals surface area contributed by atoms with E-state index in [1.54, 1.807) is 11.1 Å². The van der Waals surface area contributed by atoms with Gasteiger partial charge in [-0.1, -0.05) is 97.4 Å². The summed E-state index contributed by atoms with van der Waals surface area (Å²) in [7, 11) is 0. The van der Waals surface area contributed by atoms with E-state index in [4.69, 9.17) is 0 Å². The van der Waals surface area contributed by atoms with Crippen molar-refractivity contribution in [3.8, 4) is 11.1 Å². The maximum Gasteiger partial charge on any atom is 0.252 e. The topological polar surface area (TPSA) is 6.48 Å². The van der Waals surface area contributed by atoms with Gasteiger partial charge in [-0.05, 0) is 118 Å². The molecule has 2 fully saturated rings. The Labute approximate surface area is 271 Å². The number of anilines is 6. The summed E-state index contributed by atoms with van der Waals surface area (Å²) < 4.78 is 0. The number of hydrogen-bond donors (Lipinski definition) is 0. The molecular weight excluding hydrogens is 555 g/mol. The zero-order chi connectivity index (χ0) is 30.0. The molecule has 2 aliphatic heterocycles. The van der Waals surface area contributed by atoms with Crippen molar-refractivity contribution >= 4 is 57.2 Å². The van der Waals surface area contributed by atoms with Gasteiger partial charge in [0.05, 0.1) is 0 Å². The minimum Gasteiger partial charge on any atom is -0.311 e. The number of rotatable bonds is 2. The Morgan fingerprint density at radius 3 is 1.89 bits per heavy atom. The van der Waals surface area contributed by atoms with Gasteiger partial charge in [-0.2, -0.15) is 0 Å². The SMILES string of the molecule is c1ccc(N2c3ccccc3B3c4cc5c(cc4N(c4ccccc4)c4cccc2c43)[C@@]2(C[C@@H]3CCC2C3)c2ccccc2-5)cc1. The van der Waals surface area contributed by atoms with Crippen LogP contribution in [-0.4, -0.2) is 6.71 Å². The summed E-state index contributed by atoms with van der Waals surface area (Å²) in [6, 6.07) is 52.7. The Balaban J connectivity index is 1.24. The lowest BCUT2D eigenvalue weighted by molar-refractivity contribution is 0.327. The number of hydrogen-bond acceptors (Lipinski definition) is 2. The highest BCUT2D eigenvalue weighted by Gasteiger charge is 2.57. The normalized spacial score (nSPS) is 22.4. The van der Waals surface area contributed by atoms with Gasteiger partial charge in [-0.25, -0.2) is 0 Å². The molecule has 0 aromatic heterocycles. The van der Waals surface area contributed by atoms with Gasteiger partial charge in [0.2, 0.25) is 0 Å². The van der Waals surface area contributed by atoms with Crippen molar-refractivity contribution in [1.29, 1.82) is 0 Å². The van der Waals surface area contributed by atoms with Gasteiger partial charge in [0.1, 0.15) is 0 Å². The molecule has 3 heteroatoms. The number of nitrogens with zero attached hydrogens (tertiary/aromatic N) is 2. The van der Waals surface area contributed by atoms with Crippen molar-refractivity contribution in [2.75, 3.05) is 9.80 Å². The second-order valence-electron chi connectivity index (χ2n) is 14.1. The Morgan fingerprint density at radius 2 is 1.17 bits per heavy atom. The van der Waals surface area contributed by atoms with Crippen LogP contribution in [0, 0.1) is 11.8 Å². The second kappa shape index (κ2) is 9.04. The van der Waals surface area contributed by atoms with Crippen LogP contribution in [0.2, 0.25) is 0 Å². The van der Waals surface area contributed by atoms with Gasteiger partial charge < -0.3 is 9.80 Å². The lowest BCUT2D eigenvalue weighted by Gasteiger charge is -2.45. The lowest BCUT2D eigenvalue weighted by atomic mass is 9.33. The molecule has 218 valence electrons. The van der Waals surface area contributed by atoms with Crippen LogP contribution in [0.3, 0.4) is 0 Å². The van der Waals surface area contributed by atoms with E-state index in [0.717, 1.165) is 11.8 Å². The highest BCUT2D eigenvalue weighted by Crippen LogP contribution is 2.66. The van der Waals surface area contributed by atoms with Gasteiger partial charge in [0.25, 0.3) is 6.71 Å². The van der Waals surface area contributed by atoms with Gasteiger partial charge in [-0.3, -0.25) is 0 Å². The number of fused-ring (bicyclic) bond motifs is 12. The Hall–Kier alpha value is -5.02. The zero-order valence-electron chi connectivity index (χ0n) is 25.7. The first kappa shape index (κ1) is 25.2. The first-order chi connectivity index (χ1) is 22.8. The van der Waals surface area contributed by atoms with Gasteiger partial charge >= 0.3 is 0 Å². The first-order valence-electron chi connectivity index (χ1n) is 17.0. The molecule has 2 nitrogen and oxygen atoms in total. The second-order valence-corrected chi connectivity index (χ2v) is 14.1. The van der Waals surface area contributed by atoms with Crippen molar-refractivity contribution in [3.05, 3.63) is 151 Å². The molecule has 11 rings (SSSR count). The molecule has 46 heavy (non-hydrogen) atoms. The molecule has 2 saturated carbocycles. The van der Waals surface area contributed by atoms with Crippen LogP contribution in [-0.2, 0) is 5.41 Å². The third-order valence-electron chi connectivity index (χ3n) is 12.1. The van der Waals surface area contributed by atoms with Crippen LogP contribution in [0.25, 0.3) is 11.1 Å². The molecule has 0 amide bonds. The molecule has 3 atom stereocenters. The van der Waals surface area contributed by atoms with Crippen LogP contribution >= 0.6 is 0 Å². The largest absolute Gasteiger partial charge is 0.311 e. The van der Waals surface area contributed by atoms with E-state index < -0.39 is 0 Å². The molecule has 1 unspecified atom stereocenters. The molecule has 0 saturated heterocycles. The van der Waals surface area contributed by atoms with Crippen LogP contribution in [0.4, 0.5) is 34.1 Å². The van der Waals surface area contributed by atoms with E-state index in [9.17, 15) is 0 Å². The van der Waals surface area contributed by atoms with Crippen LogP contribution < -0.4 is 26.2 Å². The summed E-state index contributed by atoms with van der Waals surface area (Å²) in [5, 5.41) is 0. The Morgan fingerprint density at radius 1 is 0.522 bits per heavy atom. The van der Waals surface area contributed by atoms with E-state index in [1.165, 1.54) is 87.3 Å². The molecule has 5 aliphatic rings. The molecule has 6 aromatic rings. The quantitative estimate of drug-likeness (QED) is 0.186. The van der Waals surface area contributed by atoms with E-state index in [1.807, 2.05) is 0 Å². The van der Waals surface area contributed by atoms with Crippen molar-refractivity contribution in [2.45, 2.75) is 31.1 Å². The molecule has 0 N–H and O–H groups in total. The molecular formula is C43H33BN2. The van der Waals surface area contributed by atoms with Crippen molar-refractivity contribution in [1.82, 2.24) is 0 Å². The molecule has 2 heterocycles. The van der Waals surface area contributed by atoms with Crippen molar-refractivity contribution < 1.29 is 0 Å². The van der Waals surface area contributed by atoms with Crippen LogP contribution in [0.15, 0.2) is 140 Å². The monoisotopic (exact) mass is 588 g/mol. The number of para-hydroxylation sites is 3. The Kier molecular flexibility index (Phi) is 4.95. The minimum atomic E-state index is 0.142.